The number of nitrogens with one attached hydrogen (secondary N) is 1. The minimum absolute atomic E-state index is 0.00717. The molecule has 3 nitrogen and oxygen atoms in total. The lowest BCUT2D eigenvalue weighted by Crippen LogP contribution is -2.17. The zero-order valence-electron chi connectivity index (χ0n) is 9.60. The maximum atomic E-state index is 12.7. The van der Waals surface area contributed by atoms with E-state index in [1.54, 1.807) is 6.07 Å². The van der Waals surface area contributed by atoms with E-state index < -0.39 is 17.7 Å². The normalized spacial score (nSPS) is 15.1. The van der Waals surface area contributed by atoms with E-state index in [1.807, 2.05) is 0 Å². The van der Waals surface area contributed by atoms with Gasteiger partial charge in [-0.1, -0.05) is 12.7 Å². The first-order valence-corrected chi connectivity index (χ1v) is 4.75. The number of hydrogen-bond acceptors (Lipinski definition) is 3. The lowest BCUT2D eigenvalue weighted by Gasteiger charge is -2.12. The van der Waals surface area contributed by atoms with E-state index in [0.29, 0.717) is 0 Å². The van der Waals surface area contributed by atoms with Crippen molar-refractivity contribution in [1.29, 1.82) is 5.26 Å². The average molecular weight is 245 g/mol. The fourth-order valence-corrected chi connectivity index (χ4v) is 1.01. The topological polar surface area (TPSA) is 61.8 Å². The van der Waals surface area contributed by atoms with Crippen LogP contribution in [-0.2, 0) is 0 Å². The van der Waals surface area contributed by atoms with Crippen molar-refractivity contribution in [3.05, 3.63) is 35.7 Å². The molecule has 0 heterocycles. The Bertz CT molecular complexity index is 386. The van der Waals surface area contributed by atoms with Crippen LogP contribution in [0.3, 0.4) is 0 Å². The van der Waals surface area contributed by atoms with Crippen LogP contribution in [-0.4, -0.2) is 13.2 Å². The fourth-order valence-electron chi connectivity index (χ4n) is 1.01. The van der Waals surface area contributed by atoms with Crippen LogP contribution in [0.25, 0.3) is 0 Å². The third-order valence-electron chi connectivity index (χ3n) is 1.88. The van der Waals surface area contributed by atoms with E-state index in [-0.39, 0.29) is 11.4 Å². The van der Waals surface area contributed by atoms with E-state index in [4.69, 9.17) is 11.0 Å². The Kier molecular flexibility index (Phi) is 5.32. The summed E-state index contributed by atoms with van der Waals surface area (Å²) >= 11 is 0. The molecule has 0 saturated carbocycles. The predicted octanol–water partition coefficient (Wildman–Crippen LogP) is 2.21. The highest BCUT2D eigenvalue weighted by molar-refractivity contribution is 5.35. The summed E-state index contributed by atoms with van der Waals surface area (Å²) in [5.41, 5.74) is 4.45. The minimum atomic E-state index is -4.54. The van der Waals surface area contributed by atoms with E-state index >= 15 is 0 Å². The average Bonchev–Trinajstić information content (AvgIpc) is 2.21. The number of rotatable bonds is 4. The summed E-state index contributed by atoms with van der Waals surface area (Å²) in [4.78, 5) is 0. The SMILES string of the molecule is C=C(N)/C(=C\C(=CC(C)C#N)C(F)(F)F)NC. The molecular formula is C11H14F3N3. The van der Waals surface area contributed by atoms with Crippen molar-refractivity contribution in [2.45, 2.75) is 13.1 Å². The number of nitriles is 1. The molecule has 3 N–H and O–H groups in total. The molecule has 0 spiro atoms. The van der Waals surface area contributed by atoms with Crippen LogP contribution in [0.15, 0.2) is 35.7 Å². The monoisotopic (exact) mass is 245 g/mol. The molecular weight excluding hydrogens is 231 g/mol. The first-order valence-electron chi connectivity index (χ1n) is 4.75. The summed E-state index contributed by atoms with van der Waals surface area (Å²) in [5, 5.41) is 11.0. The molecule has 0 rings (SSSR count). The van der Waals surface area contributed by atoms with Gasteiger partial charge >= 0.3 is 6.18 Å². The molecule has 0 amide bonds. The molecule has 0 bridgehead atoms. The summed E-state index contributed by atoms with van der Waals surface area (Å²) < 4.78 is 38.0. The Labute approximate surface area is 98.1 Å². The molecule has 17 heavy (non-hydrogen) atoms. The van der Waals surface area contributed by atoms with Crippen molar-refractivity contribution in [3.63, 3.8) is 0 Å². The number of nitrogens with zero attached hydrogens (tertiary/aromatic N) is 1. The Balaban J connectivity index is 5.45. The first kappa shape index (κ1) is 15.1. The van der Waals surface area contributed by atoms with E-state index in [0.717, 1.165) is 12.2 Å². The second-order valence-corrected chi connectivity index (χ2v) is 3.37. The van der Waals surface area contributed by atoms with Gasteiger partial charge in [-0.15, -0.1) is 0 Å². The molecule has 0 saturated heterocycles. The van der Waals surface area contributed by atoms with Gasteiger partial charge in [0.25, 0.3) is 0 Å². The van der Waals surface area contributed by atoms with Crippen molar-refractivity contribution in [3.8, 4) is 6.07 Å². The Morgan fingerprint density at radius 2 is 2.06 bits per heavy atom. The van der Waals surface area contributed by atoms with E-state index in [2.05, 4.69) is 11.9 Å². The van der Waals surface area contributed by atoms with Gasteiger partial charge in [-0.2, -0.15) is 18.4 Å². The zero-order chi connectivity index (χ0) is 13.6. The molecule has 0 aromatic heterocycles. The minimum Gasteiger partial charge on any atom is -0.398 e. The van der Waals surface area contributed by atoms with Gasteiger partial charge in [0.2, 0.25) is 0 Å². The van der Waals surface area contributed by atoms with Gasteiger partial charge < -0.3 is 11.1 Å². The highest BCUT2D eigenvalue weighted by Gasteiger charge is 2.32. The van der Waals surface area contributed by atoms with Gasteiger partial charge in [-0.3, -0.25) is 0 Å². The standard InChI is InChI=1S/C11H14F3N3/c1-7(6-15)4-9(11(12,13)14)5-10(17-3)8(2)16/h4-5,7,17H,2,16H2,1,3H3/b9-4?,10-5+. The molecule has 1 atom stereocenters. The number of allylic oxidation sites excluding steroid dienone is 3. The van der Waals surface area contributed by atoms with Gasteiger partial charge in [0, 0.05) is 12.7 Å². The first-order chi connectivity index (χ1) is 7.72. The molecule has 94 valence electrons. The summed E-state index contributed by atoms with van der Waals surface area (Å²) in [5.74, 6) is -0.841. The van der Waals surface area contributed by atoms with Crippen LogP contribution in [0.1, 0.15) is 6.92 Å². The Morgan fingerprint density at radius 1 is 1.53 bits per heavy atom. The second kappa shape index (κ2) is 5.99. The molecule has 0 aromatic carbocycles. The highest BCUT2D eigenvalue weighted by atomic mass is 19.4. The van der Waals surface area contributed by atoms with Crippen molar-refractivity contribution in [2.75, 3.05) is 7.05 Å². The van der Waals surface area contributed by atoms with Crippen LogP contribution in [0.5, 0.6) is 0 Å². The van der Waals surface area contributed by atoms with Crippen LogP contribution in [0, 0.1) is 17.2 Å². The van der Waals surface area contributed by atoms with Crippen LogP contribution in [0.2, 0.25) is 0 Å². The molecule has 1 unspecified atom stereocenters. The van der Waals surface area contributed by atoms with Gasteiger partial charge in [0.1, 0.15) is 0 Å². The van der Waals surface area contributed by atoms with Crippen molar-refractivity contribution in [2.24, 2.45) is 11.7 Å². The van der Waals surface area contributed by atoms with Gasteiger partial charge in [-0.25, -0.2) is 0 Å². The van der Waals surface area contributed by atoms with Crippen LogP contribution >= 0.6 is 0 Å². The number of likely N-dealkylation sites (N-methyl/N-ethyl adjacent to an activating group) is 1. The third-order valence-corrected chi connectivity index (χ3v) is 1.88. The van der Waals surface area contributed by atoms with Crippen LogP contribution < -0.4 is 11.1 Å². The largest absolute Gasteiger partial charge is 0.416 e. The van der Waals surface area contributed by atoms with Crippen LogP contribution in [0.4, 0.5) is 13.2 Å². The van der Waals surface area contributed by atoms with E-state index in [1.165, 1.54) is 14.0 Å². The summed E-state index contributed by atoms with van der Waals surface area (Å²) in [7, 11) is 1.44. The summed E-state index contributed by atoms with van der Waals surface area (Å²) in [6.45, 7) is 4.72. The molecule has 6 heteroatoms. The second-order valence-electron chi connectivity index (χ2n) is 3.37. The lowest BCUT2D eigenvalue weighted by atomic mass is 10.1. The highest BCUT2D eigenvalue weighted by Crippen LogP contribution is 2.28. The van der Waals surface area contributed by atoms with Crippen molar-refractivity contribution in [1.82, 2.24) is 5.32 Å². The van der Waals surface area contributed by atoms with Gasteiger partial charge in [-0.05, 0) is 13.0 Å². The van der Waals surface area contributed by atoms with Crippen molar-refractivity contribution >= 4 is 0 Å². The third kappa shape index (κ3) is 5.11. The summed E-state index contributed by atoms with van der Waals surface area (Å²) in [6.07, 6.45) is -2.88. The fraction of sp³-hybridized carbons (Fsp3) is 0.364. The Hall–Kier alpha value is -1.90. The smallest absolute Gasteiger partial charge is 0.398 e. The maximum absolute atomic E-state index is 12.7. The number of nitrogens with two attached hydrogens (primary N) is 1. The predicted molar refractivity (Wildman–Crippen MR) is 59.4 cm³/mol. The van der Waals surface area contributed by atoms with Gasteiger partial charge in [0.05, 0.1) is 23.3 Å². The maximum Gasteiger partial charge on any atom is 0.416 e. The molecule has 0 fully saturated rings. The molecule has 0 aromatic rings. The summed E-state index contributed by atoms with van der Waals surface area (Å²) in [6, 6.07) is 1.71. The molecule has 0 aliphatic heterocycles. The molecule has 0 aliphatic carbocycles. The number of halogens is 3. The molecule has 0 aliphatic rings. The lowest BCUT2D eigenvalue weighted by molar-refractivity contribution is -0.0886. The Morgan fingerprint density at radius 3 is 2.35 bits per heavy atom. The zero-order valence-corrected chi connectivity index (χ0v) is 9.60. The van der Waals surface area contributed by atoms with Crippen molar-refractivity contribution < 1.29 is 13.2 Å². The van der Waals surface area contributed by atoms with E-state index in [9.17, 15) is 13.2 Å². The quantitative estimate of drug-likeness (QED) is 0.746. The number of hydrogen-bond donors (Lipinski definition) is 2. The number of alkyl halides is 3. The van der Waals surface area contributed by atoms with Gasteiger partial charge in [0.15, 0.2) is 0 Å². The molecule has 0 radical (unpaired) electrons.